The van der Waals surface area contributed by atoms with Crippen molar-refractivity contribution in [1.82, 2.24) is 14.8 Å². The molecule has 3 aliphatic rings. The summed E-state index contributed by atoms with van der Waals surface area (Å²) in [6.07, 6.45) is 7.57. The highest BCUT2D eigenvalue weighted by molar-refractivity contribution is 7.15. The number of urea groups is 1. The fourth-order valence-corrected chi connectivity index (χ4v) is 5.66. The molecule has 154 valence electrons. The maximum Gasteiger partial charge on any atom is 0.315 e. The first-order valence-electron chi connectivity index (χ1n) is 10.7. The maximum atomic E-state index is 11.4. The third kappa shape index (κ3) is 3.98. The summed E-state index contributed by atoms with van der Waals surface area (Å²) in [5.74, 6) is 0.942. The van der Waals surface area contributed by atoms with E-state index in [1.165, 1.54) is 37.2 Å². The number of amides is 2. The van der Waals surface area contributed by atoms with E-state index >= 15 is 0 Å². The van der Waals surface area contributed by atoms with E-state index in [2.05, 4.69) is 29.2 Å². The summed E-state index contributed by atoms with van der Waals surface area (Å²) >= 11 is 1.72. The highest BCUT2D eigenvalue weighted by Gasteiger charge is 2.35. The molecule has 0 atom stereocenters. The number of thiazole rings is 1. The number of nitrogens with zero attached hydrogens (tertiary/aromatic N) is 3. The topological polar surface area (TPSA) is 71.7 Å². The van der Waals surface area contributed by atoms with Gasteiger partial charge in [-0.05, 0) is 50.2 Å². The molecule has 0 unspecified atom stereocenters. The minimum absolute atomic E-state index is 0.347. The zero-order valence-electron chi connectivity index (χ0n) is 16.7. The van der Waals surface area contributed by atoms with Gasteiger partial charge in [0.05, 0.1) is 12.2 Å². The molecule has 3 heterocycles. The zero-order chi connectivity index (χ0) is 19.8. The number of piperidine rings is 1. The van der Waals surface area contributed by atoms with Crippen LogP contribution in [-0.4, -0.2) is 52.6 Å². The number of carbonyl (C=O) groups is 1. The summed E-state index contributed by atoms with van der Waals surface area (Å²) in [4.78, 5) is 21.7. The summed E-state index contributed by atoms with van der Waals surface area (Å²) in [5, 5.41) is 1.00. The van der Waals surface area contributed by atoms with Gasteiger partial charge in [-0.2, -0.15) is 0 Å². The molecule has 2 N–H and O–H groups in total. The van der Waals surface area contributed by atoms with Crippen LogP contribution in [0.3, 0.4) is 0 Å². The molecule has 0 spiro atoms. The van der Waals surface area contributed by atoms with Gasteiger partial charge in [-0.15, -0.1) is 11.3 Å². The molecule has 1 saturated heterocycles. The number of benzene rings is 1. The molecule has 2 aromatic rings. The molecule has 2 fully saturated rings. The lowest BCUT2D eigenvalue weighted by atomic mass is 9.86. The van der Waals surface area contributed by atoms with Crippen molar-refractivity contribution in [2.75, 3.05) is 19.6 Å². The fraction of sp³-hybridized carbons (Fsp3) is 0.545. The number of nitrogens with two attached hydrogens (primary N) is 1. The molecule has 0 bridgehead atoms. The van der Waals surface area contributed by atoms with Crippen LogP contribution in [0, 0.1) is 0 Å². The van der Waals surface area contributed by atoms with Crippen LogP contribution < -0.4 is 10.5 Å². The number of hydrogen-bond donors (Lipinski definition) is 1. The number of primary amides is 1. The SMILES string of the molecule is NC(=O)N1CCc2sc(-c3ccc(OC4CC(N5CCCCC5)C4)cc3)nc2C1. The van der Waals surface area contributed by atoms with Crippen LogP contribution in [0.25, 0.3) is 10.6 Å². The van der Waals surface area contributed by atoms with E-state index in [-0.39, 0.29) is 6.03 Å². The van der Waals surface area contributed by atoms with Crippen molar-refractivity contribution in [1.29, 1.82) is 0 Å². The van der Waals surface area contributed by atoms with Gasteiger partial charge in [0.2, 0.25) is 0 Å². The number of carbonyl (C=O) groups excluding carboxylic acids is 1. The minimum atomic E-state index is -0.370. The second kappa shape index (κ2) is 7.95. The average molecular weight is 413 g/mol. The summed E-state index contributed by atoms with van der Waals surface area (Å²) in [5.41, 5.74) is 7.49. The van der Waals surface area contributed by atoms with Crippen molar-refractivity contribution in [3.05, 3.63) is 34.8 Å². The van der Waals surface area contributed by atoms with Crippen LogP contribution in [0.2, 0.25) is 0 Å². The Kier molecular flexibility index (Phi) is 5.18. The van der Waals surface area contributed by atoms with Crippen LogP contribution >= 0.6 is 11.3 Å². The van der Waals surface area contributed by atoms with Crippen molar-refractivity contribution in [2.24, 2.45) is 5.73 Å². The van der Waals surface area contributed by atoms with Gasteiger partial charge in [-0.1, -0.05) is 6.42 Å². The molecule has 6 nitrogen and oxygen atoms in total. The zero-order valence-corrected chi connectivity index (χ0v) is 17.5. The molecule has 1 saturated carbocycles. The van der Waals surface area contributed by atoms with Crippen LogP contribution in [-0.2, 0) is 13.0 Å². The second-order valence-corrected chi connectivity index (χ2v) is 9.47. The van der Waals surface area contributed by atoms with E-state index in [1.54, 1.807) is 16.2 Å². The first-order chi connectivity index (χ1) is 14.2. The van der Waals surface area contributed by atoms with E-state index in [0.717, 1.165) is 47.3 Å². The van der Waals surface area contributed by atoms with E-state index in [0.29, 0.717) is 19.2 Å². The van der Waals surface area contributed by atoms with Gasteiger partial charge in [0.15, 0.2) is 0 Å². The van der Waals surface area contributed by atoms with Crippen molar-refractivity contribution >= 4 is 17.4 Å². The number of likely N-dealkylation sites (tertiary alicyclic amines) is 1. The first kappa shape index (κ1) is 18.9. The lowest BCUT2D eigenvalue weighted by Gasteiger charge is -2.44. The second-order valence-electron chi connectivity index (χ2n) is 8.38. The molecule has 2 amide bonds. The highest BCUT2D eigenvalue weighted by atomic mass is 32.1. The minimum Gasteiger partial charge on any atom is -0.490 e. The number of fused-ring (bicyclic) bond motifs is 1. The highest BCUT2D eigenvalue weighted by Crippen LogP contribution is 2.34. The lowest BCUT2D eigenvalue weighted by Crippen LogP contribution is -2.50. The van der Waals surface area contributed by atoms with Crippen LogP contribution in [0.5, 0.6) is 5.75 Å². The Labute approximate surface area is 175 Å². The average Bonchev–Trinajstić information content (AvgIpc) is 3.15. The van der Waals surface area contributed by atoms with Gasteiger partial charge in [0.1, 0.15) is 16.9 Å². The molecule has 1 aromatic carbocycles. The first-order valence-corrected chi connectivity index (χ1v) is 11.5. The largest absolute Gasteiger partial charge is 0.490 e. The molecule has 29 heavy (non-hydrogen) atoms. The van der Waals surface area contributed by atoms with Gasteiger partial charge in [0.25, 0.3) is 0 Å². The fourth-order valence-electron chi connectivity index (χ4n) is 4.59. The van der Waals surface area contributed by atoms with Crippen LogP contribution in [0.1, 0.15) is 42.7 Å². The van der Waals surface area contributed by atoms with E-state index in [9.17, 15) is 4.79 Å². The van der Waals surface area contributed by atoms with Crippen molar-refractivity contribution in [3.8, 4) is 16.3 Å². The third-order valence-electron chi connectivity index (χ3n) is 6.42. The Morgan fingerprint density at radius 1 is 1.10 bits per heavy atom. The normalized spacial score (nSPS) is 24.6. The number of aromatic nitrogens is 1. The third-order valence-corrected chi connectivity index (χ3v) is 7.63. The van der Waals surface area contributed by atoms with Gasteiger partial charge in [-0.25, -0.2) is 9.78 Å². The molecule has 1 aromatic heterocycles. The summed E-state index contributed by atoms with van der Waals surface area (Å²) in [7, 11) is 0. The smallest absolute Gasteiger partial charge is 0.315 e. The predicted octanol–water partition coefficient (Wildman–Crippen LogP) is 3.64. The number of rotatable bonds is 4. The molecule has 2 aliphatic heterocycles. The van der Waals surface area contributed by atoms with E-state index in [1.807, 2.05) is 0 Å². The molecule has 7 heteroatoms. The summed E-state index contributed by atoms with van der Waals surface area (Å²) < 4.78 is 6.18. The van der Waals surface area contributed by atoms with Crippen LogP contribution in [0.4, 0.5) is 4.79 Å². The molecule has 5 rings (SSSR count). The Morgan fingerprint density at radius 2 is 1.86 bits per heavy atom. The Bertz CT molecular complexity index is 869. The monoisotopic (exact) mass is 412 g/mol. The van der Waals surface area contributed by atoms with Crippen LogP contribution in [0.15, 0.2) is 24.3 Å². The van der Waals surface area contributed by atoms with E-state index in [4.69, 9.17) is 15.5 Å². The van der Waals surface area contributed by atoms with Crippen molar-refractivity contribution in [3.63, 3.8) is 0 Å². The Balaban J connectivity index is 1.18. The van der Waals surface area contributed by atoms with E-state index < -0.39 is 0 Å². The summed E-state index contributed by atoms with van der Waals surface area (Å²) in [6, 6.07) is 8.64. The molecule has 0 radical (unpaired) electrons. The van der Waals surface area contributed by atoms with Gasteiger partial charge in [-0.3, -0.25) is 0 Å². The van der Waals surface area contributed by atoms with Gasteiger partial charge in [0, 0.05) is 42.3 Å². The Hall–Kier alpha value is -2.12. The predicted molar refractivity (Wildman–Crippen MR) is 114 cm³/mol. The number of hydrogen-bond acceptors (Lipinski definition) is 5. The quantitative estimate of drug-likeness (QED) is 0.832. The lowest BCUT2D eigenvalue weighted by molar-refractivity contribution is 0.00893. The molecule has 1 aliphatic carbocycles. The van der Waals surface area contributed by atoms with Crippen molar-refractivity contribution < 1.29 is 9.53 Å². The molecular weight excluding hydrogens is 384 g/mol. The van der Waals surface area contributed by atoms with Crippen molar-refractivity contribution in [2.45, 2.75) is 57.2 Å². The van der Waals surface area contributed by atoms with Gasteiger partial charge >= 0.3 is 6.03 Å². The maximum absolute atomic E-state index is 11.4. The summed E-state index contributed by atoms with van der Waals surface area (Å²) in [6.45, 7) is 3.72. The van der Waals surface area contributed by atoms with Gasteiger partial charge < -0.3 is 20.3 Å². The standard InChI is InChI=1S/C22H28N4O2S/c23-22(27)26-11-8-20-19(14-26)24-21(29-20)15-4-6-17(7-5-15)28-18-12-16(13-18)25-9-2-1-3-10-25/h4-7,16,18H,1-3,8-14H2,(H2,23,27). The molecular formula is C22H28N4O2S. The number of ether oxygens (including phenoxy) is 1. The Morgan fingerprint density at radius 3 is 2.59 bits per heavy atom.